The van der Waals surface area contributed by atoms with Crippen molar-refractivity contribution in [1.29, 1.82) is 0 Å². The first kappa shape index (κ1) is 6.15. The molecule has 1 rings (SSSR count). The monoisotopic (exact) mass is 110 g/mol. The summed E-state index contributed by atoms with van der Waals surface area (Å²) in [6.07, 6.45) is 3.74. The molecule has 2 radical (unpaired) electrons. The quantitative estimate of drug-likeness (QED) is 0.458. The molecule has 2 atom stereocenters. The molecule has 0 spiro atoms. The van der Waals surface area contributed by atoms with Crippen LogP contribution in [0.15, 0.2) is 0 Å². The van der Waals surface area contributed by atoms with Gasteiger partial charge >= 0.3 is 0 Å². The highest BCUT2D eigenvalue weighted by molar-refractivity contribution is 6.11. The van der Waals surface area contributed by atoms with Gasteiger partial charge in [-0.25, -0.2) is 0 Å². The van der Waals surface area contributed by atoms with E-state index >= 15 is 0 Å². The van der Waals surface area contributed by atoms with E-state index in [1.165, 1.54) is 0 Å². The first-order chi connectivity index (χ1) is 3.83. The van der Waals surface area contributed by atoms with Crippen LogP contribution in [0.4, 0.5) is 0 Å². The van der Waals surface area contributed by atoms with Gasteiger partial charge in [-0.15, -0.1) is 0 Å². The summed E-state index contributed by atoms with van der Waals surface area (Å²) in [6, 6.07) is 0.0277. The van der Waals surface area contributed by atoms with Gasteiger partial charge in [-0.05, 0) is 19.3 Å². The van der Waals surface area contributed by atoms with Crippen molar-refractivity contribution in [2.45, 2.75) is 38.3 Å². The van der Waals surface area contributed by atoms with E-state index in [2.05, 4.69) is 6.92 Å². The van der Waals surface area contributed by atoms with Gasteiger partial charge < -0.3 is 4.74 Å². The smallest absolute Gasteiger partial charge is 0.109 e. The van der Waals surface area contributed by atoms with Crippen molar-refractivity contribution in [1.82, 2.24) is 0 Å². The molecular formula is C6H11BO. The maximum absolute atomic E-state index is 5.48. The van der Waals surface area contributed by atoms with Gasteiger partial charge in [0.15, 0.2) is 0 Å². The molecule has 1 aliphatic rings. The van der Waals surface area contributed by atoms with Crippen LogP contribution in [0, 0.1) is 0 Å². The highest BCUT2D eigenvalue weighted by Gasteiger charge is 2.18. The van der Waals surface area contributed by atoms with E-state index in [4.69, 9.17) is 12.6 Å². The summed E-state index contributed by atoms with van der Waals surface area (Å²) in [5, 5.41) is 0. The number of ether oxygens (including phenoxy) is 1. The zero-order valence-corrected chi connectivity index (χ0v) is 5.26. The van der Waals surface area contributed by atoms with Crippen molar-refractivity contribution in [2.24, 2.45) is 0 Å². The highest BCUT2D eigenvalue weighted by atomic mass is 16.5. The van der Waals surface area contributed by atoms with Gasteiger partial charge in [-0.2, -0.15) is 0 Å². The summed E-state index contributed by atoms with van der Waals surface area (Å²) in [5.74, 6) is 0. The normalized spacial score (nSPS) is 38.1. The molecule has 0 saturated carbocycles. The summed E-state index contributed by atoms with van der Waals surface area (Å²) in [6.45, 7) is 2.13. The third-order valence-corrected chi connectivity index (χ3v) is 1.60. The lowest BCUT2D eigenvalue weighted by molar-refractivity contribution is 0.0857. The molecule has 0 bridgehead atoms. The standard InChI is InChI=1S/C6H11BO/c1-2-5-3-4-6(7)8-5/h5-6H,2-4H2,1H3/t5-,6-/m1/s1. The van der Waals surface area contributed by atoms with Gasteiger partial charge in [-0.1, -0.05) is 6.92 Å². The molecule has 0 aromatic heterocycles. The molecule has 1 aliphatic heterocycles. The Morgan fingerprint density at radius 1 is 1.62 bits per heavy atom. The van der Waals surface area contributed by atoms with Gasteiger partial charge in [0.25, 0.3) is 0 Å². The first-order valence-electron chi connectivity index (χ1n) is 3.24. The molecule has 0 aliphatic carbocycles. The van der Waals surface area contributed by atoms with Crippen LogP contribution in [0.1, 0.15) is 26.2 Å². The van der Waals surface area contributed by atoms with Crippen molar-refractivity contribution in [2.75, 3.05) is 0 Å². The van der Waals surface area contributed by atoms with Crippen molar-refractivity contribution in [3.8, 4) is 0 Å². The number of rotatable bonds is 1. The Hall–Kier alpha value is 0.0249. The Morgan fingerprint density at radius 3 is 2.62 bits per heavy atom. The summed E-state index contributed by atoms with van der Waals surface area (Å²) in [5.41, 5.74) is 0. The van der Waals surface area contributed by atoms with Crippen LogP contribution in [0.25, 0.3) is 0 Å². The average molecular weight is 110 g/mol. The fourth-order valence-electron chi connectivity index (χ4n) is 1.03. The van der Waals surface area contributed by atoms with E-state index in [0.717, 1.165) is 19.3 Å². The van der Waals surface area contributed by atoms with Crippen LogP contribution in [-0.2, 0) is 4.74 Å². The molecule has 8 heavy (non-hydrogen) atoms. The number of hydrogen-bond donors (Lipinski definition) is 0. The fraction of sp³-hybridized carbons (Fsp3) is 1.00. The molecule has 0 aromatic rings. The van der Waals surface area contributed by atoms with Gasteiger partial charge in [0.2, 0.25) is 0 Å². The van der Waals surface area contributed by atoms with Gasteiger partial charge in [0.05, 0.1) is 6.10 Å². The summed E-state index contributed by atoms with van der Waals surface area (Å²) >= 11 is 0. The van der Waals surface area contributed by atoms with Gasteiger partial charge in [0, 0.05) is 6.00 Å². The zero-order valence-electron chi connectivity index (χ0n) is 5.26. The first-order valence-corrected chi connectivity index (χ1v) is 3.24. The lowest BCUT2D eigenvalue weighted by atomic mass is 9.97. The third-order valence-electron chi connectivity index (χ3n) is 1.60. The Morgan fingerprint density at radius 2 is 2.38 bits per heavy atom. The van der Waals surface area contributed by atoms with Crippen LogP contribution in [-0.4, -0.2) is 20.0 Å². The minimum Gasteiger partial charge on any atom is -0.385 e. The lowest BCUT2D eigenvalue weighted by Crippen LogP contribution is -2.08. The molecule has 0 amide bonds. The molecule has 1 nitrogen and oxygen atoms in total. The van der Waals surface area contributed by atoms with E-state index in [-0.39, 0.29) is 6.00 Å². The van der Waals surface area contributed by atoms with Crippen LogP contribution in [0.2, 0.25) is 0 Å². The second kappa shape index (κ2) is 2.54. The predicted molar refractivity (Wildman–Crippen MR) is 33.9 cm³/mol. The Kier molecular flexibility index (Phi) is 1.95. The summed E-state index contributed by atoms with van der Waals surface area (Å²) in [4.78, 5) is 0. The van der Waals surface area contributed by atoms with Gasteiger partial charge in [-0.3, -0.25) is 0 Å². The predicted octanol–water partition coefficient (Wildman–Crippen LogP) is 1.07. The van der Waals surface area contributed by atoms with Crippen molar-refractivity contribution in [3.63, 3.8) is 0 Å². The molecule has 1 fully saturated rings. The van der Waals surface area contributed by atoms with Crippen molar-refractivity contribution < 1.29 is 4.74 Å². The van der Waals surface area contributed by atoms with Crippen molar-refractivity contribution in [3.05, 3.63) is 0 Å². The van der Waals surface area contributed by atoms with Crippen LogP contribution in [0.5, 0.6) is 0 Å². The second-order valence-electron chi connectivity index (χ2n) is 2.28. The molecule has 1 heterocycles. The van der Waals surface area contributed by atoms with E-state index in [9.17, 15) is 0 Å². The zero-order chi connectivity index (χ0) is 5.98. The minimum atomic E-state index is 0.0277. The molecule has 1 saturated heterocycles. The number of hydrogen-bond acceptors (Lipinski definition) is 1. The second-order valence-corrected chi connectivity index (χ2v) is 2.28. The van der Waals surface area contributed by atoms with E-state index < -0.39 is 0 Å². The average Bonchev–Trinajstić information content (AvgIpc) is 2.14. The highest BCUT2D eigenvalue weighted by Crippen LogP contribution is 2.18. The van der Waals surface area contributed by atoms with Crippen molar-refractivity contribution >= 4 is 7.85 Å². The Labute approximate surface area is 51.8 Å². The molecule has 0 N–H and O–H groups in total. The van der Waals surface area contributed by atoms with Crippen LogP contribution < -0.4 is 0 Å². The Balaban J connectivity index is 2.22. The SMILES string of the molecule is [B][C@H]1CC[C@@H](CC)O1. The lowest BCUT2D eigenvalue weighted by Gasteiger charge is -2.06. The summed E-state index contributed by atoms with van der Waals surface area (Å²) < 4.78 is 5.29. The molecule has 2 heteroatoms. The van der Waals surface area contributed by atoms with Crippen LogP contribution in [0.3, 0.4) is 0 Å². The van der Waals surface area contributed by atoms with E-state index in [1.54, 1.807) is 0 Å². The summed E-state index contributed by atoms with van der Waals surface area (Å²) in [7, 11) is 5.48. The fourth-order valence-corrected chi connectivity index (χ4v) is 1.03. The molecule has 0 unspecified atom stereocenters. The van der Waals surface area contributed by atoms with E-state index in [1.807, 2.05) is 0 Å². The topological polar surface area (TPSA) is 9.23 Å². The molecular weight excluding hydrogens is 98.9 g/mol. The molecule has 0 aromatic carbocycles. The Bertz CT molecular complexity index is 74.9. The van der Waals surface area contributed by atoms with E-state index in [0.29, 0.717) is 6.10 Å². The van der Waals surface area contributed by atoms with Gasteiger partial charge in [0.1, 0.15) is 7.85 Å². The third kappa shape index (κ3) is 1.25. The largest absolute Gasteiger partial charge is 0.385 e. The molecule has 44 valence electrons. The minimum absolute atomic E-state index is 0.0277. The maximum atomic E-state index is 5.48. The maximum Gasteiger partial charge on any atom is 0.109 e. The van der Waals surface area contributed by atoms with Crippen LogP contribution >= 0.6 is 0 Å².